The van der Waals surface area contributed by atoms with Gasteiger partial charge in [-0.3, -0.25) is 0 Å². The molecule has 1 aromatic carbocycles. The Morgan fingerprint density at radius 3 is 2.81 bits per heavy atom. The minimum atomic E-state index is -0.152. The molecule has 2 atom stereocenters. The smallest absolute Gasteiger partial charge is 0.123 e. The molecule has 2 unspecified atom stereocenters. The molecule has 0 heterocycles. The molecule has 0 aromatic heterocycles. The van der Waals surface area contributed by atoms with Gasteiger partial charge in [0, 0.05) is 11.7 Å². The number of hydrogen-bond acceptors (Lipinski definition) is 1. The van der Waals surface area contributed by atoms with Gasteiger partial charge in [0.15, 0.2) is 0 Å². The lowest BCUT2D eigenvalue weighted by Gasteiger charge is -2.16. The van der Waals surface area contributed by atoms with Crippen LogP contribution in [0.4, 0.5) is 10.1 Å². The lowest BCUT2D eigenvalue weighted by Crippen LogP contribution is -2.16. The number of rotatable bonds is 3. The van der Waals surface area contributed by atoms with E-state index < -0.39 is 0 Å². The van der Waals surface area contributed by atoms with Crippen LogP contribution in [0.15, 0.2) is 18.2 Å². The van der Waals surface area contributed by atoms with Crippen molar-refractivity contribution >= 4 is 5.69 Å². The molecule has 0 bridgehead atoms. The normalized spacial score (nSPS) is 24.7. The van der Waals surface area contributed by atoms with Gasteiger partial charge in [-0.2, -0.15) is 0 Å². The molecule has 1 aliphatic carbocycles. The average Bonchev–Trinajstić information content (AvgIpc) is 2.70. The van der Waals surface area contributed by atoms with Crippen LogP contribution in [0.3, 0.4) is 0 Å². The number of anilines is 1. The molecule has 0 spiro atoms. The van der Waals surface area contributed by atoms with Gasteiger partial charge in [0.2, 0.25) is 0 Å². The molecule has 1 N–H and O–H groups in total. The van der Waals surface area contributed by atoms with E-state index >= 15 is 0 Å². The summed E-state index contributed by atoms with van der Waals surface area (Å²) in [7, 11) is 0. The van der Waals surface area contributed by atoms with E-state index in [0.717, 1.165) is 17.2 Å². The Kier molecular flexibility index (Phi) is 3.47. The van der Waals surface area contributed by atoms with E-state index in [0.29, 0.717) is 6.04 Å². The summed E-state index contributed by atoms with van der Waals surface area (Å²) < 4.78 is 12.9. The summed E-state index contributed by atoms with van der Waals surface area (Å²) in [6.07, 6.45) is 5.11. The van der Waals surface area contributed by atoms with Crippen LogP contribution in [-0.4, -0.2) is 6.04 Å². The summed E-state index contributed by atoms with van der Waals surface area (Å²) in [6.45, 7) is 4.22. The van der Waals surface area contributed by atoms with E-state index in [-0.39, 0.29) is 5.82 Å². The summed E-state index contributed by atoms with van der Waals surface area (Å²) in [5, 5.41) is 3.53. The number of halogens is 1. The molecule has 2 heteroatoms. The lowest BCUT2D eigenvalue weighted by atomic mass is 10.1. The molecular formula is C14H20FN. The second-order valence-corrected chi connectivity index (χ2v) is 4.89. The molecule has 0 amide bonds. The first-order valence-corrected chi connectivity index (χ1v) is 6.21. The Balaban J connectivity index is 1.99. The van der Waals surface area contributed by atoms with Crippen LogP contribution in [0, 0.1) is 18.7 Å². The third-order valence-electron chi connectivity index (χ3n) is 3.67. The highest BCUT2D eigenvalue weighted by molar-refractivity contribution is 5.51. The summed E-state index contributed by atoms with van der Waals surface area (Å²) in [5.41, 5.74) is 2.09. The van der Waals surface area contributed by atoms with Crippen molar-refractivity contribution in [2.75, 3.05) is 5.32 Å². The third kappa shape index (κ3) is 2.55. The Bertz CT molecular complexity index is 362. The zero-order valence-electron chi connectivity index (χ0n) is 10.1. The van der Waals surface area contributed by atoms with E-state index in [2.05, 4.69) is 12.2 Å². The molecule has 0 radical (unpaired) electrons. The van der Waals surface area contributed by atoms with Crippen LogP contribution in [0.2, 0.25) is 0 Å². The van der Waals surface area contributed by atoms with E-state index in [1.54, 1.807) is 6.07 Å². The van der Waals surface area contributed by atoms with Crippen LogP contribution in [-0.2, 0) is 0 Å². The van der Waals surface area contributed by atoms with Crippen molar-refractivity contribution in [3.05, 3.63) is 29.6 Å². The van der Waals surface area contributed by atoms with Gasteiger partial charge in [0.05, 0.1) is 0 Å². The third-order valence-corrected chi connectivity index (χ3v) is 3.67. The average molecular weight is 221 g/mol. The quantitative estimate of drug-likeness (QED) is 0.809. The summed E-state index contributed by atoms with van der Waals surface area (Å²) in [5.74, 6) is 0.721. The molecule has 16 heavy (non-hydrogen) atoms. The maximum absolute atomic E-state index is 12.9. The highest BCUT2D eigenvalue weighted by Gasteiger charge is 2.23. The van der Waals surface area contributed by atoms with Crippen LogP contribution >= 0.6 is 0 Å². The van der Waals surface area contributed by atoms with Crippen molar-refractivity contribution in [1.82, 2.24) is 0 Å². The monoisotopic (exact) mass is 221 g/mol. The molecular weight excluding hydrogens is 201 g/mol. The maximum Gasteiger partial charge on any atom is 0.123 e. The zero-order chi connectivity index (χ0) is 11.5. The van der Waals surface area contributed by atoms with Gasteiger partial charge < -0.3 is 5.32 Å². The van der Waals surface area contributed by atoms with Crippen molar-refractivity contribution < 1.29 is 4.39 Å². The Hall–Kier alpha value is -1.05. The maximum atomic E-state index is 12.9. The molecule has 2 rings (SSSR count). The SMILES string of the molecule is CCC1CCC(Nc2ccc(F)cc2C)C1. The molecule has 88 valence electrons. The largest absolute Gasteiger partial charge is 0.382 e. The fourth-order valence-electron chi connectivity index (χ4n) is 2.59. The molecule has 0 aliphatic heterocycles. The summed E-state index contributed by atoms with van der Waals surface area (Å²) in [4.78, 5) is 0. The molecule has 1 fully saturated rings. The van der Waals surface area contributed by atoms with Gasteiger partial charge >= 0.3 is 0 Å². The first kappa shape index (κ1) is 11.4. The van der Waals surface area contributed by atoms with E-state index in [1.807, 2.05) is 13.0 Å². The predicted octanol–water partition coefficient (Wildman–Crippen LogP) is 4.12. The van der Waals surface area contributed by atoms with Crippen molar-refractivity contribution in [2.24, 2.45) is 5.92 Å². The number of nitrogens with one attached hydrogen (secondary N) is 1. The van der Waals surface area contributed by atoms with E-state index in [1.165, 1.54) is 31.7 Å². The van der Waals surface area contributed by atoms with Gasteiger partial charge in [0.1, 0.15) is 5.82 Å². The molecule has 1 nitrogen and oxygen atoms in total. The van der Waals surface area contributed by atoms with Gasteiger partial charge in [-0.05, 0) is 55.9 Å². The fourth-order valence-corrected chi connectivity index (χ4v) is 2.59. The highest BCUT2D eigenvalue weighted by Crippen LogP contribution is 2.30. The second kappa shape index (κ2) is 4.86. The van der Waals surface area contributed by atoms with E-state index in [9.17, 15) is 4.39 Å². The van der Waals surface area contributed by atoms with Crippen molar-refractivity contribution in [1.29, 1.82) is 0 Å². The van der Waals surface area contributed by atoms with Crippen LogP contribution < -0.4 is 5.32 Å². The first-order valence-electron chi connectivity index (χ1n) is 6.21. The first-order chi connectivity index (χ1) is 7.69. The number of hydrogen-bond donors (Lipinski definition) is 1. The highest BCUT2D eigenvalue weighted by atomic mass is 19.1. The van der Waals surface area contributed by atoms with Crippen LogP contribution in [0.5, 0.6) is 0 Å². The number of aryl methyl sites for hydroxylation is 1. The van der Waals surface area contributed by atoms with Crippen molar-refractivity contribution in [2.45, 2.75) is 45.6 Å². The van der Waals surface area contributed by atoms with Crippen molar-refractivity contribution in [3.63, 3.8) is 0 Å². The Labute approximate surface area is 97.1 Å². The standard InChI is InChI=1S/C14H20FN/c1-3-11-4-6-13(9-11)16-14-7-5-12(15)8-10(14)2/h5,7-8,11,13,16H,3-4,6,9H2,1-2H3. The topological polar surface area (TPSA) is 12.0 Å². The van der Waals surface area contributed by atoms with Crippen LogP contribution in [0.1, 0.15) is 38.2 Å². The molecule has 1 aromatic rings. The zero-order valence-corrected chi connectivity index (χ0v) is 10.1. The van der Waals surface area contributed by atoms with E-state index in [4.69, 9.17) is 0 Å². The Morgan fingerprint density at radius 1 is 1.38 bits per heavy atom. The second-order valence-electron chi connectivity index (χ2n) is 4.89. The van der Waals surface area contributed by atoms with Gasteiger partial charge in [-0.15, -0.1) is 0 Å². The van der Waals surface area contributed by atoms with Crippen molar-refractivity contribution in [3.8, 4) is 0 Å². The summed E-state index contributed by atoms with van der Waals surface area (Å²) >= 11 is 0. The predicted molar refractivity (Wildman–Crippen MR) is 66.2 cm³/mol. The lowest BCUT2D eigenvalue weighted by molar-refractivity contribution is 0.525. The molecule has 1 saturated carbocycles. The Morgan fingerprint density at radius 2 is 2.19 bits per heavy atom. The van der Waals surface area contributed by atoms with Gasteiger partial charge in [-0.25, -0.2) is 4.39 Å². The number of benzene rings is 1. The minimum Gasteiger partial charge on any atom is -0.382 e. The molecule has 0 saturated heterocycles. The molecule has 1 aliphatic rings. The van der Waals surface area contributed by atoms with Gasteiger partial charge in [0.25, 0.3) is 0 Å². The fraction of sp³-hybridized carbons (Fsp3) is 0.571. The van der Waals surface area contributed by atoms with Gasteiger partial charge in [-0.1, -0.05) is 13.3 Å². The summed E-state index contributed by atoms with van der Waals surface area (Å²) in [6, 6.07) is 5.55. The minimum absolute atomic E-state index is 0.152. The van der Waals surface area contributed by atoms with Crippen LogP contribution in [0.25, 0.3) is 0 Å².